The lowest BCUT2D eigenvalue weighted by molar-refractivity contribution is 0.0594. The topological polar surface area (TPSA) is 84.1 Å². The summed E-state index contributed by atoms with van der Waals surface area (Å²) in [5.74, 6) is -0.551. The summed E-state index contributed by atoms with van der Waals surface area (Å²) in [6.07, 6.45) is 5.01. The van der Waals surface area contributed by atoms with Crippen molar-refractivity contribution in [3.8, 4) is 11.3 Å². The first-order valence-electron chi connectivity index (χ1n) is 7.79. The number of esters is 1. The van der Waals surface area contributed by atoms with E-state index in [-0.39, 0.29) is 5.91 Å². The van der Waals surface area contributed by atoms with E-state index < -0.39 is 5.97 Å². The molecule has 0 radical (unpaired) electrons. The third-order valence-corrected chi connectivity index (χ3v) is 6.07. The summed E-state index contributed by atoms with van der Waals surface area (Å²) >= 11 is 2.92. The highest BCUT2D eigenvalue weighted by Crippen LogP contribution is 2.31. The van der Waals surface area contributed by atoms with E-state index in [1.54, 1.807) is 23.6 Å². The Morgan fingerprint density at radius 1 is 1.32 bits per heavy atom. The molecule has 1 aliphatic rings. The van der Waals surface area contributed by atoms with Crippen molar-refractivity contribution in [3.63, 3.8) is 0 Å². The van der Waals surface area contributed by atoms with Crippen LogP contribution in [0.1, 0.15) is 37.0 Å². The standard InChI is InChI=1S/C17H15N3O3S2/c1-23-16(22)11-5-10(7-18-11)12-8-24-17(19-12)20-15(21)14-6-9-3-2-4-13(9)25-14/h5-8,18H,2-4H2,1H3,(H,19,20,21). The Hall–Kier alpha value is -2.45. The molecular weight excluding hydrogens is 358 g/mol. The number of carbonyl (C=O) groups is 2. The Kier molecular flexibility index (Phi) is 4.14. The number of aromatic amines is 1. The van der Waals surface area contributed by atoms with Crippen LogP contribution in [0, 0.1) is 0 Å². The van der Waals surface area contributed by atoms with Crippen molar-refractivity contribution in [1.82, 2.24) is 9.97 Å². The Morgan fingerprint density at radius 3 is 3.00 bits per heavy atom. The molecule has 3 heterocycles. The highest BCUT2D eigenvalue weighted by Gasteiger charge is 2.19. The predicted octanol–water partition coefficient (Wildman–Crippen LogP) is 3.73. The van der Waals surface area contributed by atoms with E-state index >= 15 is 0 Å². The van der Waals surface area contributed by atoms with Gasteiger partial charge >= 0.3 is 5.97 Å². The number of hydrogen-bond donors (Lipinski definition) is 2. The zero-order valence-corrected chi connectivity index (χ0v) is 15.1. The number of anilines is 1. The molecule has 0 aliphatic heterocycles. The first-order chi connectivity index (χ1) is 12.1. The molecule has 3 aromatic heterocycles. The van der Waals surface area contributed by atoms with Crippen molar-refractivity contribution in [2.45, 2.75) is 19.3 Å². The van der Waals surface area contributed by atoms with Crippen LogP contribution in [0.4, 0.5) is 5.13 Å². The molecule has 1 aliphatic carbocycles. The van der Waals surface area contributed by atoms with Gasteiger partial charge in [0.1, 0.15) is 5.69 Å². The molecule has 0 saturated carbocycles. The van der Waals surface area contributed by atoms with Crippen LogP contribution in [0.5, 0.6) is 0 Å². The van der Waals surface area contributed by atoms with Crippen molar-refractivity contribution in [1.29, 1.82) is 0 Å². The average molecular weight is 373 g/mol. The van der Waals surface area contributed by atoms with Gasteiger partial charge < -0.3 is 9.72 Å². The number of methoxy groups -OCH3 is 1. The summed E-state index contributed by atoms with van der Waals surface area (Å²) in [4.78, 5) is 33.2. The third kappa shape index (κ3) is 3.10. The fourth-order valence-corrected chi connectivity index (χ4v) is 4.70. The van der Waals surface area contributed by atoms with E-state index in [2.05, 4.69) is 20.0 Å². The number of aromatic nitrogens is 2. The molecule has 25 heavy (non-hydrogen) atoms. The number of carbonyl (C=O) groups excluding carboxylic acids is 2. The summed E-state index contributed by atoms with van der Waals surface area (Å²) in [6.45, 7) is 0. The summed E-state index contributed by atoms with van der Waals surface area (Å²) in [6, 6.07) is 3.67. The van der Waals surface area contributed by atoms with Crippen molar-refractivity contribution in [2.75, 3.05) is 12.4 Å². The predicted molar refractivity (Wildman–Crippen MR) is 97.5 cm³/mol. The number of thiazole rings is 1. The Morgan fingerprint density at radius 2 is 2.20 bits per heavy atom. The molecular formula is C17H15N3O3S2. The minimum absolute atomic E-state index is 0.121. The molecule has 8 heteroatoms. The molecule has 0 spiro atoms. The molecule has 0 aromatic carbocycles. The van der Waals surface area contributed by atoms with E-state index in [0.29, 0.717) is 16.5 Å². The van der Waals surface area contributed by atoms with Crippen LogP contribution in [-0.4, -0.2) is 29.0 Å². The van der Waals surface area contributed by atoms with Gasteiger partial charge in [-0.3, -0.25) is 10.1 Å². The summed E-state index contributed by atoms with van der Waals surface area (Å²) in [7, 11) is 1.33. The van der Waals surface area contributed by atoms with Crippen LogP contribution in [0.15, 0.2) is 23.7 Å². The molecule has 0 saturated heterocycles. The number of hydrogen-bond acceptors (Lipinski definition) is 6. The number of amides is 1. The SMILES string of the molecule is COC(=O)c1cc(-c2csc(NC(=O)c3cc4c(s3)CCC4)n2)c[nH]1. The number of H-pyrrole nitrogens is 1. The number of nitrogens with one attached hydrogen (secondary N) is 2. The summed E-state index contributed by atoms with van der Waals surface area (Å²) in [5, 5.41) is 5.23. The van der Waals surface area contributed by atoms with Gasteiger partial charge in [-0.05, 0) is 37.0 Å². The Labute approximate surface area is 151 Å². The molecule has 2 N–H and O–H groups in total. The minimum Gasteiger partial charge on any atom is -0.464 e. The summed E-state index contributed by atoms with van der Waals surface area (Å²) in [5.41, 5.74) is 3.13. The smallest absolute Gasteiger partial charge is 0.354 e. The van der Waals surface area contributed by atoms with Crippen molar-refractivity contribution < 1.29 is 14.3 Å². The highest BCUT2D eigenvalue weighted by molar-refractivity contribution is 7.15. The van der Waals surface area contributed by atoms with E-state index in [9.17, 15) is 9.59 Å². The van der Waals surface area contributed by atoms with Crippen LogP contribution < -0.4 is 5.32 Å². The second kappa shape index (κ2) is 6.45. The van der Waals surface area contributed by atoms with Gasteiger partial charge in [0.2, 0.25) is 0 Å². The number of rotatable bonds is 4. The van der Waals surface area contributed by atoms with E-state index in [0.717, 1.165) is 23.3 Å². The number of ether oxygens (including phenoxy) is 1. The first-order valence-corrected chi connectivity index (χ1v) is 9.49. The quantitative estimate of drug-likeness (QED) is 0.683. The molecule has 1 amide bonds. The molecule has 0 unspecified atom stereocenters. The highest BCUT2D eigenvalue weighted by atomic mass is 32.1. The number of nitrogens with zero attached hydrogens (tertiary/aromatic N) is 1. The fraction of sp³-hybridized carbons (Fsp3) is 0.235. The lowest BCUT2D eigenvalue weighted by atomic mass is 10.2. The second-order valence-corrected chi connectivity index (χ2v) is 7.69. The van der Waals surface area contributed by atoms with Crippen LogP contribution >= 0.6 is 22.7 Å². The molecule has 0 fully saturated rings. The number of aryl methyl sites for hydroxylation is 2. The normalized spacial score (nSPS) is 12.8. The van der Waals surface area contributed by atoms with E-state index in [1.807, 2.05) is 11.4 Å². The molecule has 6 nitrogen and oxygen atoms in total. The van der Waals surface area contributed by atoms with Crippen LogP contribution in [-0.2, 0) is 17.6 Å². The van der Waals surface area contributed by atoms with Crippen LogP contribution in [0.25, 0.3) is 11.3 Å². The Balaban J connectivity index is 1.48. The lowest BCUT2D eigenvalue weighted by Crippen LogP contribution is -2.09. The molecule has 0 atom stereocenters. The molecule has 4 rings (SSSR count). The molecule has 128 valence electrons. The maximum absolute atomic E-state index is 12.4. The lowest BCUT2D eigenvalue weighted by Gasteiger charge is -1.98. The maximum atomic E-state index is 12.4. The van der Waals surface area contributed by atoms with Crippen LogP contribution in [0.2, 0.25) is 0 Å². The largest absolute Gasteiger partial charge is 0.464 e. The zero-order chi connectivity index (χ0) is 17.4. The van der Waals surface area contributed by atoms with Crippen molar-refractivity contribution in [3.05, 3.63) is 44.7 Å². The zero-order valence-electron chi connectivity index (χ0n) is 13.4. The number of thiophene rings is 1. The monoisotopic (exact) mass is 373 g/mol. The average Bonchev–Trinajstić information content (AvgIpc) is 3.35. The Bertz CT molecular complexity index is 933. The minimum atomic E-state index is -0.430. The molecule has 0 bridgehead atoms. The van der Waals surface area contributed by atoms with Gasteiger partial charge in [0, 0.05) is 22.0 Å². The first kappa shape index (κ1) is 16.0. The van der Waals surface area contributed by atoms with E-state index in [4.69, 9.17) is 0 Å². The van der Waals surface area contributed by atoms with E-state index in [1.165, 1.54) is 35.3 Å². The van der Waals surface area contributed by atoms with Gasteiger partial charge in [-0.15, -0.1) is 22.7 Å². The van der Waals surface area contributed by atoms with Gasteiger partial charge in [0.25, 0.3) is 5.91 Å². The van der Waals surface area contributed by atoms with Gasteiger partial charge in [-0.25, -0.2) is 9.78 Å². The van der Waals surface area contributed by atoms with Gasteiger partial charge in [0.15, 0.2) is 5.13 Å². The van der Waals surface area contributed by atoms with Gasteiger partial charge in [-0.1, -0.05) is 0 Å². The second-order valence-electron chi connectivity index (χ2n) is 5.70. The van der Waals surface area contributed by atoms with Crippen LogP contribution in [0.3, 0.4) is 0 Å². The number of fused-ring (bicyclic) bond motifs is 1. The van der Waals surface area contributed by atoms with Gasteiger partial charge in [0.05, 0.1) is 17.7 Å². The van der Waals surface area contributed by atoms with Crippen molar-refractivity contribution in [2.24, 2.45) is 0 Å². The van der Waals surface area contributed by atoms with Crippen molar-refractivity contribution >= 4 is 39.7 Å². The third-order valence-electron chi connectivity index (χ3n) is 4.08. The molecule has 3 aromatic rings. The van der Waals surface area contributed by atoms with Gasteiger partial charge in [-0.2, -0.15) is 0 Å². The maximum Gasteiger partial charge on any atom is 0.354 e. The summed E-state index contributed by atoms with van der Waals surface area (Å²) < 4.78 is 4.67. The fourth-order valence-electron chi connectivity index (χ4n) is 2.83.